The molecule has 2 aromatic rings. The average Bonchev–Trinajstić information content (AvgIpc) is 2.98. The van der Waals surface area contributed by atoms with Crippen LogP contribution in [-0.4, -0.2) is 24.3 Å². The lowest BCUT2D eigenvalue weighted by atomic mass is 10.1. The summed E-state index contributed by atoms with van der Waals surface area (Å²) >= 11 is 3.35. The molecule has 1 atom stereocenters. The average molecular weight is 330 g/mol. The van der Waals surface area contributed by atoms with Gasteiger partial charge in [0.1, 0.15) is 0 Å². The van der Waals surface area contributed by atoms with Crippen molar-refractivity contribution >= 4 is 27.6 Å². The third kappa shape index (κ3) is 2.65. The number of carbonyl (C=O) groups is 1. The largest absolute Gasteiger partial charge is 0.464 e. The zero-order valence-electron chi connectivity index (χ0n) is 10.6. The fourth-order valence-corrected chi connectivity index (χ4v) is 2.32. The van der Waals surface area contributed by atoms with Crippen LogP contribution in [0.2, 0.25) is 0 Å². The molecule has 0 amide bonds. The molecule has 3 rings (SSSR count). The van der Waals surface area contributed by atoms with Gasteiger partial charge in [0.05, 0.1) is 6.54 Å². The van der Waals surface area contributed by atoms with Gasteiger partial charge in [0.15, 0.2) is 6.10 Å². The van der Waals surface area contributed by atoms with E-state index in [2.05, 4.69) is 20.9 Å². The van der Waals surface area contributed by atoms with Crippen LogP contribution in [0.25, 0.3) is 0 Å². The van der Waals surface area contributed by atoms with E-state index in [-0.39, 0.29) is 5.78 Å². The number of hydrogen-bond acceptors (Lipinski definition) is 3. The number of hydrogen-bond donors (Lipinski definition) is 0. The maximum absolute atomic E-state index is 12.3. The molecule has 0 fully saturated rings. The van der Waals surface area contributed by atoms with Crippen LogP contribution in [-0.2, 0) is 4.74 Å². The topological polar surface area (TPSA) is 38.7 Å². The Hall–Kier alpha value is -1.94. The molecule has 0 saturated heterocycles. The smallest absolute Gasteiger partial charge is 0.217 e. The van der Waals surface area contributed by atoms with Crippen LogP contribution in [0.1, 0.15) is 15.9 Å². The molecule has 100 valence electrons. The molecule has 4 heteroatoms. The number of Topliss-reactive ketones (excluding diaryl/α,β-unsaturated/α-hetero) is 1. The SMILES string of the molecule is O=C(c1ccc(Br)cc1)[C@H]1CN=C(c2ccccc2)O1. The summed E-state index contributed by atoms with van der Waals surface area (Å²) in [4.78, 5) is 16.6. The lowest BCUT2D eigenvalue weighted by molar-refractivity contribution is 0.0817. The number of aliphatic imine (C=N–C) groups is 1. The molecule has 0 N–H and O–H groups in total. The molecule has 3 nitrogen and oxygen atoms in total. The number of rotatable bonds is 3. The molecule has 0 unspecified atom stereocenters. The van der Waals surface area contributed by atoms with Gasteiger partial charge in [0.2, 0.25) is 11.7 Å². The van der Waals surface area contributed by atoms with E-state index in [1.807, 2.05) is 42.5 Å². The van der Waals surface area contributed by atoms with Gasteiger partial charge < -0.3 is 4.74 Å². The molecular weight excluding hydrogens is 318 g/mol. The van der Waals surface area contributed by atoms with Crippen LogP contribution in [0.15, 0.2) is 64.1 Å². The molecule has 20 heavy (non-hydrogen) atoms. The summed E-state index contributed by atoms with van der Waals surface area (Å²) in [5, 5.41) is 0. The quantitative estimate of drug-likeness (QED) is 0.808. The molecule has 1 heterocycles. The van der Waals surface area contributed by atoms with Crippen LogP contribution in [0, 0.1) is 0 Å². The number of nitrogens with zero attached hydrogens (tertiary/aromatic N) is 1. The zero-order chi connectivity index (χ0) is 13.9. The van der Waals surface area contributed by atoms with Crippen molar-refractivity contribution < 1.29 is 9.53 Å². The van der Waals surface area contributed by atoms with Gasteiger partial charge in [-0.3, -0.25) is 4.79 Å². The predicted octanol–water partition coefficient (Wildman–Crippen LogP) is 3.48. The van der Waals surface area contributed by atoms with Crippen LogP contribution in [0.4, 0.5) is 0 Å². The van der Waals surface area contributed by atoms with E-state index in [1.54, 1.807) is 12.1 Å². The minimum absolute atomic E-state index is 0.0350. The second-order valence-electron chi connectivity index (χ2n) is 4.49. The highest BCUT2D eigenvalue weighted by Gasteiger charge is 2.28. The first-order valence-corrected chi connectivity index (χ1v) is 7.09. The predicted molar refractivity (Wildman–Crippen MR) is 81.2 cm³/mol. The summed E-state index contributed by atoms with van der Waals surface area (Å²) in [6.07, 6.45) is -0.522. The molecule has 0 spiro atoms. The molecular formula is C16H12BrNO2. The van der Waals surface area contributed by atoms with Crippen molar-refractivity contribution in [3.63, 3.8) is 0 Å². The number of ether oxygens (including phenoxy) is 1. The minimum atomic E-state index is -0.522. The molecule has 0 bridgehead atoms. The summed E-state index contributed by atoms with van der Waals surface area (Å²) in [6, 6.07) is 16.9. The van der Waals surface area contributed by atoms with E-state index in [0.29, 0.717) is 18.0 Å². The monoisotopic (exact) mass is 329 g/mol. The number of halogens is 1. The van der Waals surface area contributed by atoms with E-state index in [4.69, 9.17) is 4.74 Å². The fraction of sp³-hybridized carbons (Fsp3) is 0.125. The molecule has 0 aromatic heterocycles. The molecule has 0 radical (unpaired) electrons. The van der Waals surface area contributed by atoms with Crippen molar-refractivity contribution in [3.05, 3.63) is 70.2 Å². The Labute approximate surface area is 125 Å². The van der Waals surface area contributed by atoms with Crippen molar-refractivity contribution in [1.82, 2.24) is 0 Å². The van der Waals surface area contributed by atoms with Crippen molar-refractivity contribution in [2.75, 3.05) is 6.54 Å². The zero-order valence-corrected chi connectivity index (χ0v) is 12.2. The summed E-state index contributed by atoms with van der Waals surface area (Å²) < 4.78 is 6.63. The third-order valence-electron chi connectivity index (χ3n) is 3.10. The molecule has 2 aromatic carbocycles. The minimum Gasteiger partial charge on any atom is -0.464 e. The van der Waals surface area contributed by atoms with Gasteiger partial charge in [-0.05, 0) is 24.3 Å². The fourth-order valence-electron chi connectivity index (χ4n) is 2.05. The van der Waals surface area contributed by atoms with E-state index in [0.717, 1.165) is 10.0 Å². The van der Waals surface area contributed by atoms with E-state index in [1.165, 1.54) is 0 Å². The van der Waals surface area contributed by atoms with E-state index < -0.39 is 6.10 Å². The molecule has 0 saturated carbocycles. The third-order valence-corrected chi connectivity index (χ3v) is 3.63. The van der Waals surface area contributed by atoms with Crippen LogP contribution >= 0.6 is 15.9 Å². The van der Waals surface area contributed by atoms with Crippen LogP contribution in [0.5, 0.6) is 0 Å². The lowest BCUT2D eigenvalue weighted by Gasteiger charge is -2.10. The van der Waals surface area contributed by atoms with Crippen molar-refractivity contribution in [1.29, 1.82) is 0 Å². The highest BCUT2D eigenvalue weighted by Crippen LogP contribution is 2.18. The Bertz CT molecular complexity index is 650. The second kappa shape index (κ2) is 5.59. The van der Waals surface area contributed by atoms with Crippen molar-refractivity contribution in [2.45, 2.75) is 6.10 Å². The Balaban J connectivity index is 1.73. The number of benzene rings is 2. The molecule has 1 aliphatic heterocycles. The Morgan fingerprint density at radius 3 is 2.50 bits per heavy atom. The first kappa shape index (κ1) is 13.1. The number of carbonyl (C=O) groups excluding carboxylic acids is 1. The number of ketones is 1. The summed E-state index contributed by atoms with van der Waals surface area (Å²) in [5.74, 6) is 0.508. The van der Waals surface area contributed by atoms with Gasteiger partial charge in [-0.2, -0.15) is 0 Å². The summed E-state index contributed by atoms with van der Waals surface area (Å²) in [5.41, 5.74) is 1.54. The first-order chi connectivity index (χ1) is 9.74. The highest BCUT2D eigenvalue weighted by molar-refractivity contribution is 9.10. The first-order valence-electron chi connectivity index (χ1n) is 6.30. The maximum Gasteiger partial charge on any atom is 0.217 e. The second-order valence-corrected chi connectivity index (χ2v) is 5.41. The van der Waals surface area contributed by atoms with Gasteiger partial charge in [0, 0.05) is 15.6 Å². The summed E-state index contributed by atoms with van der Waals surface area (Å²) in [7, 11) is 0. The van der Waals surface area contributed by atoms with Gasteiger partial charge >= 0.3 is 0 Å². The van der Waals surface area contributed by atoms with Gasteiger partial charge in [-0.1, -0.05) is 46.3 Å². The maximum atomic E-state index is 12.3. The normalized spacial score (nSPS) is 17.4. The molecule has 1 aliphatic rings. The van der Waals surface area contributed by atoms with Gasteiger partial charge in [0.25, 0.3) is 0 Å². The van der Waals surface area contributed by atoms with Crippen LogP contribution < -0.4 is 0 Å². The van der Waals surface area contributed by atoms with E-state index in [9.17, 15) is 4.79 Å². The standard InChI is InChI=1S/C16H12BrNO2/c17-13-8-6-11(7-9-13)15(19)14-10-18-16(20-14)12-4-2-1-3-5-12/h1-9,14H,10H2/t14-/m1/s1. The summed E-state index contributed by atoms with van der Waals surface area (Å²) in [6.45, 7) is 0.374. The van der Waals surface area contributed by atoms with Crippen molar-refractivity contribution in [3.8, 4) is 0 Å². The van der Waals surface area contributed by atoms with Crippen molar-refractivity contribution in [2.24, 2.45) is 4.99 Å². The Morgan fingerprint density at radius 2 is 1.80 bits per heavy atom. The van der Waals surface area contributed by atoms with Gasteiger partial charge in [-0.15, -0.1) is 0 Å². The van der Waals surface area contributed by atoms with Gasteiger partial charge in [-0.25, -0.2) is 4.99 Å². The Kier molecular flexibility index (Phi) is 3.65. The van der Waals surface area contributed by atoms with Crippen LogP contribution in [0.3, 0.4) is 0 Å². The molecule has 0 aliphatic carbocycles. The van der Waals surface area contributed by atoms with E-state index >= 15 is 0 Å². The lowest BCUT2D eigenvalue weighted by Crippen LogP contribution is -2.24. The highest BCUT2D eigenvalue weighted by atomic mass is 79.9. The Morgan fingerprint density at radius 1 is 1.10 bits per heavy atom.